The summed E-state index contributed by atoms with van der Waals surface area (Å²) in [6.45, 7) is 12.7. The maximum absolute atomic E-state index is 3.76. The van der Waals surface area contributed by atoms with Crippen LogP contribution in [0.1, 0.15) is 40.5 Å². The molecule has 0 aliphatic rings. The van der Waals surface area contributed by atoms with Crippen molar-refractivity contribution in [1.29, 1.82) is 0 Å². The van der Waals surface area contributed by atoms with Gasteiger partial charge in [0, 0.05) is 0 Å². The lowest BCUT2D eigenvalue weighted by atomic mass is 9.84. The summed E-state index contributed by atoms with van der Waals surface area (Å²) in [6.07, 6.45) is 6.44. The van der Waals surface area contributed by atoms with Crippen LogP contribution in [0, 0.1) is 5.41 Å². The molecule has 0 nitrogen and oxygen atoms in total. The molecule has 0 rings (SSSR count). The molecule has 0 fully saturated rings. The van der Waals surface area contributed by atoms with Crippen LogP contribution in [0.4, 0.5) is 0 Å². The SMILES string of the molecule is C=CC/C(=C\CC)C(C)(C)C. The van der Waals surface area contributed by atoms with E-state index >= 15 is 0 Å². The van der Waals surface area contributed by atoms with Gasteiger partial charge in [-0.05, 0) is 18.3 Å². The molecule has 11 heavy (non-hydrogen) atoms. The molecule has 0 heterocycles. The first-order valence-corrected chi connectivity index (χ1v) is 4.32. The summed E-state index contributed by atoms with van der Waals surface area (Å²) in [5.41, 5.74) is 1.81. The molecule has 0 aromatic rings. The zero-order valence-electron chi connectivity index (χ0n) is 8.28. The van der Waals surface area contributed by atoms with Crippen molar-refractivity contribution in [3.63, 3.8) is 0 Å². The highest BCUT2D eigenvalue weighted by Crippen LogP contribution is 2.28. The Morgan fingerprint density at radius 1 is 1.36 bits per heavy atom. The van der Waals surface area contributed by atoms with Gasteiger partial charge in [0.15, 0.2) is 0 Å². The summed E-state index contributed by atoms with van der Waals surface area (Å²) < 4.78 is 0. The zero-order chi connectivity index (χ0) is 8.91. The van der Waals surface area contributed by atoms with Crippen LogP contribution in [0.5, 0.6) is 0 Å². The highest BCUT2D eigenvalue weighted by molar-refractivity contribution is 5.13. The van der Waals surface area contributed by atoms with E-state index < -0.39 is 0 Å². The minimum absolute atomic E-state index is 0.310. The van der Waals surface area contributed by atoms with Gasteiger partial charge in [-0.1, -0.05) is 45.4 Å². The van der Waals surface area contributed by atoms with Crippen molar-refractivity contribution in [2.45, 2.75) is 40.5 Å². The van der Waals surface area contributed by atoms with Gasteiger partial charge in [0.1, 0.15) is 0 Å². The monoisotopic (exact) mass is 152 g/mol. The van der Waals surface area contributed by atoms with Crippen LogP contribution in [0.2, 0.25) is 0 Å². The lowest BCUT2D eigenvalue weighted by molar-refractivity contribution is 0.491. The molecule has 0 aliphatic heterocycles. The maximum Gasteiger partial charge on any atom is -0.0136 e. The average molecular weight is 152 g/mol. The molecule has 64 valence electrons. The Labute approximate surface area is 71.0 Å². The molecule has 0 amide bonds. The summed E-state index contributed by atoms with van der Waals surface area (Å²) in [7, 11) is 0. The fraction of sp³-hybridized carbons (Fsp3) is 0.636. The maximum atomic E-state index is 3.76. The Morgan fingerprint density at radius 2 is 1.91 bits per heavy atom. The van der Waals surface area contributed by atoms with Crippen LogP contribution in [-0.2, 0) is 0 Å². The van der Waals surface area contributed by atoms with Crippen molar-refractivity contribution in [3.05, 3.63) is 24.3 Å². The topological polar surface area (TPSA) is 0 Å². The van der Waals surface area contributed by atoms with Crippen molar-refractivity contribution in [2.75, 3.05) is 0 Å². The Bertz CT molecular complexity index is 144. The summed E-state index contributed by atoms with van der Waals surface area (Å²) in [5.74, 6) is 0. The van der Waals surface area contributed by atoms with Crippen molar-refractivity contribution in [2.24, 2.45) is 5.41 Å². The van der Waals surface area contributed by atoms with Gasteiger partial charge in [0.05, 0.1) is 0 Å². The first kappa shape index (κ1) is 10.5. The predicted octanol–water partition coefficient (Wildman–Crippen LogP) is 3.95. The van der Waals surface area contributed by atoms with Crippen LogP contribution in [0.15, 0.2) is 24.3 Å². The quantitative estimate of drug-likeness (QED) is 0.537. The summed E-state index contributed by atoms with van der Waals surface area (Å²) in [4.78, 5) is 0. The van der Waals surface area contributed by atoms with Gasteiger partial charge < -0.3 is 0 Å². The number of hydrogen-bond acceptors (Lipinski definition) is 0. The Kier molecular flexibility index (Phi) is 4.17. The minimum Gasteiger partial charge on any atom is -0.103 e. The van der Waals surface area contributed by atoms with Gasteiger partial charge in [-0.3, -0.25) is 0 Å². The molecule has 0 heteroatoms. The molecule has 0 atom stereocenters. The van der Waals surface area contributed by atoms with Crippen LogP contribution < -0.4 is 0 Å². The van der Waals surface area contributed by atoms with E-state index in [-0.39, 0.29) is 0 Å². The fourth-order valence-electron chi connectivity index (χ4n) is 1.10. The third-order valence-electron chi connectivity index (χ3n) is 1.78. The van der Waals surface area contributed by atoms with E-state index in [0.717, 1.165) is 12.8 Å². The van der Waals surface area contributed by atoms with E-state index in [1.165, 1.54) is 5.57 Å². The molecule has 0 N–H and O–H groups in total. The van der Waals surface area contributed by atoms with Crippen LogP contribution in [-0.4, -0.2) is 0 Å². The third kappa shape index (κ3) is 4.02. The number of rotatable bonds is 3. The van der Waals surface area contributed by atoms with Gasteiger partial charge in [0.2, 0.25) is 0 Å². The molecule has 0 bridgehead atoms. The first-order chi connectivity index (χ1) is 5.02. The van der Waals surface area contributed by atoms with Crippen molar-refractivity contribution >= 4 is 0 Å². The van der Waals surface area contributed by atoms with Crippen LogP contribution in [0.25, 0.3) is 0 Å². The molecule has 0 unspecified atom stereocenters. The van der Waals surface area contributed by atoms with E-state index in [1.54, 1.807) is 0 Å². The zero-order valence-corrected chi connectivity index (χ0v) is 8.28. The lowest BCUT2D eigenvalue weighted by Crippen LogP contribution is -2.08. The second-order valence-corrected chi connectivity index (χ2v) is 3.88. The first-order valence-electron chi connectivity index (χ1n) is 4.32. The van der Waals surface area contributed by atoms with Gasteiger partial charge in [-0.2, -0.15) is 0 Å². The van der Waals surface area contributed by atoms with E-state index in [9.17, 15) is 0 Å². The third-order valence-corrected chi connectivity index (χ3v) is 1.78. The van der Waals surface area contributed by atoms with Gasteiger partial charge >= 0.3 is 0 Å². The van der Waals surface area contributed by atoms with E-state index in [0.29, 0.717) is 5.41 Å². The normalized spacial score (nSPS) is 13.3. The van der Waals surface area contributed by atoms with Crippen LogP contribution >= 0.6 is 0 Å². The molecule has 0 saturated heterocycles. The summed E-state index contributed by atoms with van der Waals surface area (Å²) >= 11 is 0. The van der Waals surface area contributed by atoms with Gasteiger partial charge in [-0.15, -0.1) is 6.58 Å². The summed E-state index contributed by atoms with van der Waals surface area (Å²) in [6, 6.07) is 0. The molecular formula is C11H20. The summed E-state index contributed by atoms with van der Waals surface area (Å²) in [5, 5.41) is 0. The Morgan fingerprint density at radius 3 is 2.18 bits per heavy atom. The van der Waals surface area contributed by atoms with Gasteiger partial charge in [-0.25, -0.2) is 0 Å². The smallest absolute Gasteiger partial charge is 0.0136 e. The molecule has 0 aromatic carbocycles. The lowest BCUT2D eigenvalue weighted by Gasteiger charge is -2.22. The second-order valence-electron chi connectivity index (χ2n) is 3.88. The Hall–Kier alpha value is -0.520. The minimum atomic E-state index is 0.310. The molecule has 0 spiro atoms. The molecule has 0 aromatic heterocycles. The van der Waals surface area contributed by atoms with Crippen molar-refractivity contribution < 1.29 is 0 Å². The average Bonchev–Trinajstić information content (AvgIpc) is 1.85. The van der Waals surface area contributed by atoms with Crippen molar-refractivity contribution in [1.82, 2.24) is 0 Å². The predicted molar refractivity (Wildman–Crippen MR) is 52.6 cm³/mol. The molecule has 0 radical (unpaired) electrons. The van der Waals surface area contributed by atoms with E-state index in [4.69, 9.17) is 0 Å². The van der Waals surface area contributed by atoms with E-state index in [1.807, 2.05) is 6.08 Å². The molecule has 0 saturated carbocycles. The highest BCUT2D eigenvalue weighted by Gasteiger charge is 2.14. The molecular weight excluding hydrogens is 132 g/mol. The number of hydrogen-bond donors (Lipinski definition) is 0. The van der Waals surface area contributed by atoms with Crippen LogP contribution in [0.3, 0.4) is 0 Å². The van der Waals surface area contributed by atoms with Crippen molar-refractivity contribution in [3.8, 4) is 0 Å². The molecule has 0 aliphatic carbocycles. The van der Waals surface area contributed by atoms with E-state index in [2.05, 4.69) is 40.3 Å². The second kappa shape index (κ2) is 4.38. The standard InChI is InChI=1S/C11H20/c1-6-8-10(9-7-2)11(3,4)5/h6,9H,1,7-8H2,2-5H3/b10-9+. The fourth-order valence-corrected chi connectivity index (χ4v) is 1.10. The Balaban J connectivity index is 4.34. The number of allylic oxidation sites excluding steroid dienone is 3. The highest BCUT2D eigenvalue weighted by atomic mass is 14.2. The van der Waals surface area contributed by atoms with Gasteiger partial charge in [0.25, 0.3) is 0 Å². The largest absolute Gasteiger partial charge is 0.103 e.